The average molecular weight is 294 g/mol. The third-order valence-electron chi connectivity index (χ3n) is 3.30. The molecule has 0 saturated heterocycles. The van der Waals surface area contributed by atoms with Gasteiger partial charge in [-0.15, -0.1) is 0 Å². The van der Waals surface area contributed by atoms with Gasteiger partial charge in [0.15, 0.2) is 9.84 Å². The molecule has 0 fully saturated rings. The molecule has 1 rings (SSSR count). The van der Waals surface area contributed by atoms with E-state index in [4.69, 9.17) is 11.0 Å². The fourth-order valence-electron chi connectivity index (χ4n) is 2.05. The minimum Gasteiger partial charge on any atom is -0.399 e. The van der Waals surface area contributed by atoms with Crippen LogP contribution in [0.5, 0.6) is 0 Å². The minimum atomic E-state index is -3.27. The van der Waals surface area contributed by atoms with E-state index >= 15 is 0 Å². The standard InChI is InChI=1S/C15H22N2O2S/c1-12-10-13(17)6-7-14(12)20(18,19)9-5-4-8-15(2,3)11-16/h6-7,10H,4-5,8-9,17H2,1-3H3. The number of sulfone groups is 1. The van der Waals surface area contributed by atoms with Gasteiger partial charge in [0.05, 0.1) is 22.1 Å². The lowest BCUT2D eigenvalue weighted by Crippen LogP contribution is -2.11. The third kappa shape index (κ3) is 4.53. The Morgan fingerprint density at radius 3 is 2.50 bits per heavy atom. The van der Waals surface area contributed by atoms with E-state index in [2.05, 4.69) is 6.07 Å². The Morgan fingerprint density at radius 2 is 1.95 bits per heavy atom. The van der Waals surface area contributed by atoms with Gasteiger partial charge in [-0.1, -0.05) is 6.42 Å². The fourth-order valence-corrected chi connectivity index (χ4v) is 3.68. The summed E-state index contributed by atoms with van der Waals surface area (Å²) >= 11 is 0. The molecule has 2 N–H and O–H groups in total. The second kappa shape index (κ2) is 6.27. The van der Waals surface area contributed by atoms with Crippen molar-refractivity contribution < 1.29 is 8.42 Å². The van der Waals surface area contributed by atoms with Crippen molar-refractivity contribution in [1.29, 1.82) is 5.26 Å². The third-order valence-corrected chi connectivity index (χ3v) is 5.26. The highest BCUT2D eigenvalue weighted by atomic mass is 32.2. The molecule has 0 aliphatic carbocycles. The summed E-state index contributed by atoms with van der Waals surface area (Å²) in [6.45, 7) is 5.49. The number of hydrogen-bond acceptors (Lipinski definition) is 4. The first kappa shape index (κ1) is 16.5. The van der Waals surface area contributed by atoms with E-state index in [1.165, 1.54) is 0 Å². The van der Waals surface area contributed by atoms with Gasteiger partial charge in [0.25, 0.3) is 0 Å². The molecular weight excluding hydrogens is 272 g/mol. The van der Waals surface area contributed by atoms with Gasteiger partial charge in [-0.25, -0.2) is 8.42 Å². The molecule has 0 saturated carbocycles. The highest BCUT2D eigenvalue weighted by Crippen LogP contribution is 2.24. The molecule has 110 valence electrons. The van der Waals surface area contributed by atoms with E-state index in [1.807, 2.05) is 13.8 Å². The van der Waals surface area contributed by atoms with Crippen LogP contribution in [-0.2, 0) is 9.84 Å². The number of nitriles is 1. The largest absolute Gasteiger partial charge is 0.399 e. The zero-order chi connectivity index (χ0) is 15.4. The van der Waals surface area contributed by atoms with Crippen molar-refractivity contribution in [3.8, 4) is 6.07 Å². The smallest absolute Gasteiger partial charge is 0.178 e. The summed E-state index contributed by atoms with van der Waals surface area (Å²) in [5.41, 5.74) is 6.49. The van der Waals surface area contributed by atoms with Gasteiger partial charge >= 0.3 is 0 Å². The molecule has 0 aliphatic heterocycles. The number of anilines is 1. The molecule has 20 heavy (non-hydrogen) atoms. The maximum atomic E-state index is 12.3. The molecule has 0 radical (unpaired) electrons. The minimum absolute atomic E-state index is 0.110. The zero-order valence-corrected chi connectivity index (χ0v) is 13.1. The summed E-state index contributed by atoms with van der Waals surface area (Å²) in [7, 11) is -3.27. The number of nitrogens with zero attached hydrogens (tertiary/aromatic N) is 1. The van der Waals surface area contributed by atoms with Crippen LogP contribution in [0.3, 0.4) is 0 Å². The maximum absolute atomic E-state index is 12.3. The van der Waals surface area contributed by atoms with Crippen LogP contribution in [0, 0.1) is 23.7 Å². The van der Waals surface area contributed by atoms with Crippen LogP contribution in [-0.4, -0.2) is 14.2 Å². The molecule has 0 aromatic heterocycles. The van der Waals surface area contributed by atoms with Gasteiger partial charge in [0.2, 0.25) is 0 Å². The SMILES string of the molecule is Cc1cc(N)ccc1S(=O)(=O)CCCCC(C)(C)C#N. The van der Waals surface area contributed by atoms with Crippen molar-refractivity contribution in [2.45, 2.75) is 44.9 Å². The number of rotatable bonds is 6. The molecule has 0 spiro atoms. The zero-order valence-electron chi connectivity index (χ0n) is 12.3. The summed E-state index contributed by atoms with van der Waals surface area (Å²) in [4.78, 5) is 0.353. The monoisotopic (exact) mass is 294 g/mol. The van der Waals surface area contributed by atoms with Crippen molar-refractivity contribution in [1.82, 2.24) is 0 Å². The number of unbranched alkanes of at least 4 members (excludes halogenated alkanes) is 1. The summed E-state index contributed by atoms with van der Waals surface area (Å²) in [5.74, 6) is 0.110. The van der Waals surface area contributed by atoms with Gasteiger partial charge in [-0.3, -0.25) is 0 Å². The van der Waals surface area contributed by atoms with Gasteiger partial charge < -0.3 is 5.73 Å². The van der Waals surface area contributed by atoms with Crippen LogP contribution in [0.2, 0.25) is 0 Å². The molecule has 4 nitrogen and oxygen atoms in total. The Hall–Kier alpha value is -1.54. The Balaban J connectivity index is 2.65. The Morgan fingerprint density at radius 1 is 1.30 bits per heavy atom. The quantitative estimate of drug-likeness (QED) is 0.645. The number of nitrogen functional groups attached to an aromatic ring is 1. The number of nitrogens with two attached hydrogens (primary N) is 1. The molecule has 1 aromatic rings. The van der Waals surface area contributed by atoms with E-state index in [-0.39, 0.29) is 11.2 Å². The lowest BCUT2D eigenvalue weighted by atomic mass is 9.89. The van der Waals surface area contributed by atoms with E-state index in [0.29, 0.717) is 29.0 Å². The van der Waals surface area contributed by atoms with Crippen LogP contribution >= 0.6 is 0 Å². The normalized spacial score (nSPS) is 12.1. The number of hydrogen-bond donors (Lipinski definition) is 1. The topological polar surface area (TPSA) is 84.0 Å². The predicted molar refractivity (Wildman–Crippen MR) is 80.9 cm³/mol. The van der Waals surface area contributed by atoms with Crippen LogP contribution in [0.25, 0.3) is 0 Å². The van der Waals surface area contributed by atoms with Crippen molar-refractivity contribution in [2.75, 3.05) is 11.5 Å². The first-order valence-corrected chi connectivity index (χ1v) is 8.33. The summed E-state index contributed by atoms with van der Waals surface area (Å²) in [6.07, 6.45) is 2.00. The highest BCUT2D eigenvalue weighted by molar-refractivity contribution is 7.91. The molecule has 0 amide bonds. The molecule has 0 aliphatic rings. The van der Waals surface area contributed by atoms with Gasteiger partial charge in [-0.2, -0.15) is 5.26 Å². The predicted octanol–water partition coefficient (Wildman–Crippen LogP) is 3.07. The van der Waals surface area contributed by atoms with Crippen LogP contribution in [0.1, 0.15) is 38.7 Å². The molecule has 0 unspecified atom stereocenters. The summed E-state index contributed by atoms with van der Waals surface area (Å²) in [6, 6.07) is 7.07. The first-order valence-electron chi connectivity index (χ1n) is 6.68. The summed E-state index contributed by atoms with van der Waals surface area (Å²) in [5, 5.41) is 8.91. The number of aryl methyl sites for hydroxylation is 1. The molecular formula is C15H22N2O2S. The Kier molecular flexibility index (Phi) is 5.18. The molecule has 0 heterocycles. The molecule has 0 atom stereocenters. The van der Waals surface area contributed by atoms with Gasteiger partial charge in [-0.05, 0) is 57.4 Å². The second-order valence-corrected chi connectivity index (χ2v) is 7.87. The van der Waals surface area contributed by atoms with Crippen molar-refractivity contribution in [2.24, 2.45) is 5.41 Å². The van der Waals surface area contributed by atoms with E-state index in [9.17, 15) is 8.42 Å². The van der Waals surface area contributed by atoms with Gasteiger partial charge in [0.1, 0.15) is 0 Å². The van der Waals surface area contributed by atoms with E-state index < -0.39 is 9.84 Å². The highest BCUT2D eigenvalue weighted by Gasteiger charge is 2.19. The van der Waals surface area contributed by atoms with Crippen LogP contribution < -0.4 is 5.73 Å². The first-order chi connectivity index (χ1) is 9.18. The molecule has 0 bridgehead atoms. The second-order valence-electron chi connectivity index (χ2n) is 5.80. The molecule has 1 aromatic carbocycles. The maximum Gasteiger partial charge on any atom is 0.178 e. The Labute approximate surface area is 121 Å². The fraction of sp³-hybridized carbons (Fsp3) is 0.533. The van der Waals surface area contributed by atoms with Crippen molar-refractivity contribution in [3.63, 3.8) is 0 Å². The lowest BCUT2D eigenvalue weighted by Gasteiger charge is -2.14. The van der Waals surface area contributed by atoms with Crippen molar-refractivity contribution >= 4 is 15.5 Å². The van der Waals surface area contributed by atoms with E-state index in [0.717, 1.165) is 6.42 Å². The van der Waals surface area contributed by atoms with Crippen molar-refractivity contribution in [3.05, 3.63) is 23.8 Å². The Bertz CT molecular complexity index is 613. The van der Waals surface area contributed by atoms with E-state index in [1.54, 1.807) is 25.1 Å². The van der Waals surface area contributed by atoms with Crippen LogP contribution in [0.15, 0.2) is 23.1 Å². The van der Waals surface area contributed by atoms with Gasteiger partial charge in [0, 0.05) is 5.69 Å². The summed E-state index contributed by atoms with van der Waals surface area (Å²) < 4.78 is 24.5. The number of benzene rings is 1. The lowest BCUT2D eigenvalue weighted by molar-refractivity contribution is 0.431. The molecule has 5 heteroatoms. The average Bonchev–Trinajstić information content (AvgIpc) is 2.34. The van der Waals surface area contributed by atoms with Crippen LogP contribution in [0.4, 0.5) is 5.69 Å².